The van der Waals surface area contributed by atoms with Crippen LogP contribution in [0.5, 0.6) is 0 Å². The number of anilines is 1. The summed E-state index contributed by atoms with van der Waals surface area (Å²) in [5.74, 6) is 0.867. The minimum absolute atomic E-state index is 0.300. The van der Waals surface area contributed by atoms with Crippen molar-refractivity contribution >= 4 is 23.2 Å². The summed E-state index contributed by atoms with van der Waals surface area (Å²) in [5, 5.41) is 7.60. The third-order valence-corrected chi connectivity index (χ3v) is 4.62. The Hall–Kier alpha value is -2.00. The van der Waals surface area contributed by atoms with E-state index in [2.05, 4.69) is 28.8 Å². The number of hydrogen-bond acceptors (Lipinski definition) is 3. The van der Waals surface area contributed by atoms with Crippen molar-refractivity contribution in [3.05, 3.63) is 64.2 Å². The van der Waals surface area contributed by atoms with Gasteiger partial charge in [-0.15, -0.1) is 0 Å². The first-order valence-electron chi connectivity index (χ1n) is 7.74. The molecule has 0 spiro atoms. The van der Waals surface area contributed by atoms with Crippen LogP contribution in [0.15, 0.2) is 47.5 Å². The molecule has 0 radical (unpaired) electrons. The van der Waals surface area contributed by atoms with Gasteiger partial charge >= 0.3 is 0 Å². The molecule has 1 unspecified atom stereocenters. The minimum Gasteiger partial charge on any atom is -0.352 e. The van der Waals surface area contributed by atoms with Crippen molar-refractivity contribution in [1.82, 2.24) is 5.32 Å². The van der Waals surface area contributed by atoms with Crippen LogP contribution in [-0.4, -0.2) is 5.96 Å². The Bertz CT molecular complexity index is 722. The summed E-state index contributed by atoms with van der Waals surface area (Å²) in [6.45, 7) is 0.741. The van der Waals surface area contributed by atoms with E-state index >= 15 is 0 Å². The molecule has 1 atom stereocenters. The van der Waals surface area contributed by atoms with Crippen LogP contribution in [0.25, 0.3) is 0 Å². The number of benzene rings is 2. The highest BCUT2D eigenvalue weighted by molar-refractivity contribution is 6.30. The van der Waals surface area contributed by atoms with E-state index in [9.17, 15) is 0 Å². The molecule has 2 aliphatic rings. The van der Waals surface area contributed by atoms with Crippen LogP contribution in [0.2, 0.25) is 5.02 Å². The van der Waals surface area contributed by atoms with Crippen molar-refractivity contribution in [3.8, 4) is 0 Å². The predicted molar refractivity (Wildman–Crippen MR) is 91.5 cm³/mol. The number of halogens is 1. The molecule has 1 aliphatic carbocycles. The third-order valence-electron chi connectivity index (χ3n) is 4.36. The maximum Gasteiger partial charge on any atom is 0.196 e. The average Bonchev–Trinajstić information content (AvgIpc) is 2.55. The Morgan fingerprint density at radius 1 is 1.18 bits per heavy atom. The van der Waals surface area contributed by atoms with E-state index in [1.165, 1.54) is 35.2 Å². The second kappa shape index (κ2) is 5.65. The number of aliphatic imine (C=N–C) groups is 1. The molecule has 0 aromatic heterocycles. The van der Waals surface area contributed by atoms with Gasteiger partial charge in [-0.05, 0) is 48.6 Å². The summed E-state index contributed by atoms with van der Waals surface area (Å²) >= 11 is 5.92. The van der Waals surface area contributed by atoms with Gasteiger partial charge in [0.15, 0.2) is 5.96 Å². The quantitative estimate of drug-likeness (QED) is 0.868. The summed E-state index contributed by atoms with van der Waals surface area (Å²) in [5.41, 5.74) is 5.24. The van der Waals surface area contributed by atoms with E-state index in [1.54, 1.807) is 0 Å². The monoisotopic (exact) mass is 311 g/mol. The number of rotatable bonds is 2. The van der Waals surface area contributed by atoms with Crippen molar-refractivity contribution in [2.75, 3.05) is 5.32 Å². The second-order valence-corrected chi connectivity index (χ2v) is 6.31. The number of hydrogen-bond donors (Lipinski definition) is 2. The predicted octanol–water partition coefficient (Wildman–Crippen LogP) is 4.29. The van der Waals surface area contributed by atoms with Crippen LogP contribution in [0.3, 0.4) is 0 Å². The number of guanidine groups is 1. The maximum atomic E-state index is 5.92. The molecule has 0 amide bonds. The Balaban J connectivity index is 1.52. The van der Waals surface area contributed by atoms with E-state index in [1.807, 2.05) is 24.3 Å². The van der Waals surface area contributed by atoms with Gasteiger partial charge in [-0.25, -0.2) is 4.99 Å². The normalized spacial score (nSPS) is 19.0. The largest absolute Gasteiger partial charge is 0.352 e. The molecule has 22 heavy (non-hydrogen) atoms. The number of aryl methyl sites for hydroxylation is 1. The highest BCUT2D eigenvalue weighted by atomic mass is 35.5. The summed E-state index contributed by atoms with van der Waals surface area (Å²) in [7, 11) is 0. The first-order valence-corrected chi connectivity index (χ1v) is 8.12. The van der Waals surface area contributed by atoms with E-state index < -0.39 is 0 Å². The summed E-state index contributed by atoms with van der Waals surface area (Å²) in [6, 6.07) is 14.7. The highest BCUT2D eigenvalue weighted by Crippen LogP contribution is 2.39. The summed E-state index contributed by atoms with van der Waals surface area (Å²) in [4.78, 5) is 4.85. The third kappa shape index (κ3) is 2.57. The van der Waals surface area contributed by atoms with Gasteiger partial charge in [0.05, 0.1) is 6.04 Å². The molecule has 112 valence electrons. The van der Waals surface area contributed by atoms with Gasteiger partial charge < -0.3 is 10.6 Å². The van der Waals surface area contributed by atoms with Gasteiger partial charge in [0.2, 0.25) is 0 Å². The van der Waals surface area contributed by atoms with Crippen LogP contribution >= 0.6 is 11.6 Å². The van der Waals surface area contributed by atoms with Gasteiger partial charge in [-0.3, -0.25) is 0 Å². The molecule has 3 nitrogen and oxygen atoms in total. The molecular weight excluding hydrogens is 294 g/mol. The van der Waals surface area contributed by atoms with Crippen LogP contribution in [0, 0.1) is 0 Å². The lowest BCUT2D eigenvalue weighted by molar-refractivity contribution is 0.567. The summed E-state index contributed by atoms with van der Waals surface area (Å²) < 4.78 is 0. The van der Waals surface area contributed by atoms with E-state index in [4.69, 9.17) is 16.6 Å². The maximum absolute atomic E-state index is 5.92. The highest BCUT2D eigenvalue weighted by Gasteiger charge is 2.26. The van der Waals surface area contributed by atoms with Crippen molar-refractivity contribution in [1.29, 1.82) is 0 Å². The fraction of sp³-hybridized carbons (Fsp3) is 0.278. The first-order chi connectivity index (χ1) is 10.8. The molecule has 1 heterocycles. The Kier molecular flexibility index (Phi) is 3.51. The molecule has 0 fully saturated rings. The zero-order valence-electron chi connectivity index (χ0n) is 12.3. The number of nitrogens with one attached hydrogen (secondary N) is 2. The van der Waals surface area contributed by atoms with E-state index in [0.717, 1.165) is 23.9 Å². The molecular formula is C18H18ClN3. The van der Waals surface area contributed by atoms with Gasteiger partial charge in [-0.1, -0.05) is 35.9 Å². The lowest BCUT2D eigenvalue weighted by Gasteiger charge is -2.31. The molecule has 1 aliphatic heterocycles. The van der Waals surface area contributed by atoms with Crippen LogP contribution < -0.4 is 10.6 Å². The number of nitrogens with zero attached hydrogens (tertiary/aromatic N) is 1. The summed E-state index contributed by atoms with van der Waals surface area (Å²) in [6.07, 6.45) is 3.53. The van der Waals surface area contributed by atoms with Gasteiger partial charge in [-0.2, -0.15) is 0 Å². The zero-order chi connectivity index (χ0) is 14.9. The topological polar surface area (TPSA) is 36.4 Å². The van der Waals surface area contributed by atoms with Crippen molar-refractivity contribution in [2.45, 2.75) is 31.8 Å². The molecule has 4 heteroatoms. The molecule has 0 saturated heterocycles. The van der Waals surface area contributed by atoms with Crippen molar-refractivity contribution in [2.24, 2.45) is 4.99 Å². The molecule has 4 rings (SSSR count). The van der Waals surface area contributed by atoms with Crippen molar-refractivity contribution < 1.29 is 0 Å². The second-order valence-electron chi connectivity index (χ2n) is 5.87. The van der Waals surface area contributed by atoms with E-state index in [-0.39, 0.29) is 0 Å². The van der Waals surface area contributed by atoms with Crippen LogP contribution in [-0.2, 0) is 13.0 Å². The lowest BCUT2D eigenvalue weighted by atomic mass is 9.86. The van der Waals surface area contributed by atoms with Crippen molar-refractivity contribution in [3.63, 3.8) is 0 Å². The molecule has 0 bridgehead atoms. The standard InChI is InChI=1S/C18H18ClN3/c19-14-9-7-12(8-10-14)11-20-18-21-15-5-1-3-13-4-2-6-16(22-18)17(13)15/h1,3,5,7-10,16H,2,4,6,11H2,(H2,20,21,22). The average molecular weight is 312 g/mol. The SMILES string of the molecule is Clc1ccc(CNC2=NC3CCCc4cccc(c43)N2)cc1. The first kappa shape index (κ1) is 13.6. The lowest BCUT2D eigenvalue weighted by Crippen LogP contribution is -2.34. The molecule has 2 N–H and O–H groups in total. The van der Waals surface area contributed by atoms with Crippen LogP contribution in [0.4, 0.5) is 5.69 Å². The molecule has 2 aromatic rings. The molecule has 0 saturated carbocycles. The Labute approximate surface area is 135 Å². The van der Waals surface area contributed by atoms with Gasteiger partial charge in [0.25, 0.3) is 0 Å². The minimum atomic E-state index is 0.300. The molecule has 2 aromatic carbocycles. The fourth-order valence-corrected chi connectivity index (χ4v) is 3.41. The Morgan fingerprint density at radius 3 is 2.91 bits per heavy atom. The van der Waals surface area contributed by atoms with E-state index in [0.29, 0.717) is 6.04 Å². The zero-order valence-corrected chi connectivity index (χ0v) is 13.0. The fourth-order valence-electron chi connectivity index (χ4n) is 3.29. The Morgan fingerprint density at radius 2 is 2.05 bits per heavy atom. The van der Waals surface area contributed by atoms with Gasteiger partial charge in [0.1, 0.15) is 0 Å². The van der Waals surface area contributed by atoms with Gasteiger partial charge in [0, 0.05) is 22.8 Å². The van der Waals surface area contributed by atoms with Crippen LogP contribution in [0.1, 0.15) is 35.6 Å². The smallest absolute Gasteiger partial charge is 0.196 e.